The minimum absolute atomic E-state index is 0.267. The molecule has 0 unspecified atom stereocenters. The molecule has 2 aromatic heterocycles. The van der Waals surface area contributed by atoms with Gasteiger partial charge in [-0.05, 0) is 44.0 Å². The van der Waals surface area contributed by atoms with E-state index in [0.29, 0.717) is 36.5 Å². The molecule has 3 aromatic rings. The van der Waals surface area contributed by atoms with E-state index in [-0.39, 0.29) is 10.7 Å². The summed E-state index contributed by atoms with van der Waals surface area (Å²) in [5.74, 6) is -0.267. The van der Waals surface area contributed by atoms with Crippen molar-refractivity contribution in [2.24, 2.45) is 0 Å². The van der Waals surface area contributed by atoms with Gasteiger partial charge in [-0.1, -0.05) is 0 Å². The molecule has 2 aliphatic rings. The Hall–Kier alpha value is -2.78. The van der Waals surface area contributed by atoms with Gasteiger partial charge in [0, 0.05) is 35.1 Å². The summed E-state index contributed by atoms with van der Waals surface area (Å²) in [5, 5.41) is 7.27. The Balaban J connectivity index is 1.55. The van der Waals surface area contributed by atoms with Crippen LogP contribution in [-0.2, 0) is 22.0 Å². The normalized spacial score (nSPS) is 20.3. The average Bonchev–Trinajstić information content (AvgIpc) is 3.27. The van der Waals surface area contributed by atoms with Crippen LogP contribution in [0.2, 0.25) is 0 Å². The lowest BCUT2D eigenvalue weighted by atomic mass is 10.0. The van der Waals surface area contributed by atoms with Gasteiger partial charge < -0.3 is 15.0 Å². The number of aromatic nitrogens is 3. The van der Waals surface area contributed by atoms with Crippen LogP contribution in [0.1, 0.15) is 29.8 Å². The monoisotopic (exact) mass is 425 g/mol. The van der Waals surface area contributed by atoms with Gasteiger partial charge in [-0.3, -0.25) is 9.00 Å². The highest BCUT2D eigenvalue weighted by Gasteiger charge is 2.37. The third-order valence-electron chi connectivity index (χ3n) is 5.62. The van der Waals surface area contributed by atoms with E-state index in [2.05, 4.69) is 20.3 Å². The zero-order chi connectivity index (χ0) is 20.9. The van der Waals surface area contributed by atoms with Crippen LogP contribution in [0.4, 0.5) is 11.4 Å². The first-order chi connectivity index (χ1) is 14.4. The number of fused-ring (bicyclic) bond motifs is 2. The number of carbonyl (C=O) groups is 1. The van der Waals surface area contributed by atoms with E-state index in [4.69, 9.17) is 4.74 Å². The standard InChI is InChI=1S/C21H23N5O3S/c1-21(2)12-14-10-16(17(11-18(14)30(21)28)25-6-8-29-9-7-25)24-20(27)15-13-23-26-5-3-4-22-19(15)26/h3-5,10-11,13H,6-9,12H2,1-2H3,(H,24,27)/t30-/m1/s1. The number of anilines is 2. The van der Waals surface area contributed by atoms with Crippen molar-refractivity contribution >= 4 is 33.7 Å². The lowest BCUT2D eigenvalue weighted by molar-refractivity contribution is 0.102. The second-order valence-electron chi connectivity index (χ2n) is 8.18. The van der Waals surface area contributed by atoms with Crippen LogP contribution in [0.3, 0.4) is 0 Å². The Morgan fingerprint density at radius 1 is 1.27 bits per heavy atom. The third-order valence-corrected chi connectivity index (χ3v) is 7.55. The highest BCUT2D eigenvalue weighted by molar-refractivity contribution is 7.86. The van der Waals surface area contributed by atoms with Crippen LogP contribution >= 0.6 is 0 Å². The number of ether oxygens (including phenoxy) is 1. The molecular weight excluding hydrogens is 402 g/mol. The van der Waals surface area contributed by atoms with Gasteiger partial charge in [0.05, 0.1) is 41.6 Å². The minimum atomic E-state index is -1.09. The zero-order valence-corrected chi connectivity index (χ0v) is 17.7. The van der Waals surface area contributed by atoms with Crippen LogP contribution in [0.5, 0.6) is 0 Å². The fourth-order valence-corrected chi connectivity index (χ4v) is 5.56. The molecule has 1 N–H and O–H groups in total. The molecule has 1 amide bonds. The van der Waals surface area contributed by atoms with Gasteiger partial charge >= 0.3 is 0 Å². The summed E-state index contributed by atoms with van der Waals surface area (Å²) in [6.07, 6.45) is 5.63. The third kappa shape index (κ3) is 3.18. The SMILES string of the molecule is CC1(C)Cc2cc(NC(=O)c3cnn4cccnc34)c(N3CCOCC3)cc2[S@]1=O. The Labute approximate surface area is 176 Å². The smallest absolute Gasteiger partial charge is 0.261 e. The molecule has 0 spiro atoms. The maximum absolute atomic E-state index is 13.1. The van der Waals surface area contributed by atoms with Crippen LogP contribution < -0.4 is 10.2 Å². The second kappa shape index (κ2) is 7.17. The fraction of sp³-hybridized carbons (Fsp3) is 0.381. The largest absolute Gasteiger partial charge is 0.378 e. The summed E-state index contributed by atoms with van der Waals surface area (Å²) in [5.41, 5.74) is 3.52. The summed E-state index contributed by atoms with van der Waals surface area (Å²) in [6, 6.07) is 5.72. The minimum Gasteiger partial charge on any atom is -0.378 e. The maximum Gasteiger partial charge on any atom is 0.261 e. The molecule has 9 heteroatoms. The molecule has 1 saturated heterocycles. The number of nitrogens with one attached hydrogen (secondary N) is 1. The number of hydrogen-bond donors (Lipinski definition) is 1. The van der Waals surface area contributed by atoms with E-state index >= 15 is 0 Å². The van der Waals surface area contributed by atoms with Crippen molar-refractivity contribution in [1.82, 2.24) is 14.6 Å². The number of hydrogen-bond acceptors (Lipinski definition) is 6. The van der Waals surface area contributed by atoms with E-state index in [1.165, 1.54) is 6.20 Å². The number of amides is 1. The van der Waals surface area contributed by atoms with Crippen molar-refractivity contribution in [1.29, 1.82) is 0 Å². The average molecular weight is 426 g/mol. The lowest BCUT2D eigenvalue weighted by Gasteiger charge is -2.31. The molecule has 2 aliphatic heterocycles. The van der Waals surface area contributed by atoms with Crippen molar-refractivity contribution in [3.8, 4) is 0 Å². The van der Waals surface area contributed by atoms with E-state index < -0.39 is 10.8 Å². The lowest BCUT2D eigenvalue weighted by Crippen LogP contribution is -2.37. The van der Waals surface area contributed by atoms with Gasteiger partial charge in [-0.15, -0.1) is 0 Å². The molecule has 4 heterocycles. The molecule has 156 valence electrons. The fourth-order valence-electron chi connectivity index (χ4n) is 4.09. The predicted molar refractivity (Wildman–Crippen MR) is 115 cm³/mol. The second-order valence-corrected chi connectivity index (χ2v) is 10.3. The first-order valence-electron chi connectivity index (χ1n) is 9.95. The number of rotatable bonds is 3. The molecule has 0 saturated carbocycles. The van der Waals surface area contributed by atoms with Crippen molar-refractivity contribution < 1.29 is 13.7 Å². The van der Waals surface area contributed by atoms with Crippen LogP contribution in [-0.4, -0.2) is 55.8 Å². The summed E-state index contributed by atoms with van der Waals surface area (Å²) < 4.78 is 19.7. The Bertz CT molecular complexity index is 1170. The Kier molecular flexibility index (Phi) is 4.59. The molecule has 0 bridgehead atoms. The van der Waals surface area contributed by atoms with Crippen molar-refractivity contribution in [3.05, 3.63) is 47.9 Å². The number of nitrogens with zero attached hydrogens (tertiary/aromatic N) is 4. The quantitative estimate of drug-likeness (QED) is 0.693. The van der Waals surface area contributed by atoms with Crippen molar-refractivity contribution in [2.45, 2.75) is 29.9 Å². The van der Waals surface area contributed by atoms with E-state index in [1.54, 1.807) is 23.0 Å². The van der Waals surface area contributed by atoms with Crippen molar-refractivity contribution in [2.75, 3.05) is 36.5 Å². The predicted octanol–water partition coefficient (Wildman–Crippen LogP) is 2.26. The van der Waals surface area contributed by atoms with E-state index in [1.807, 2.05) is 26.0 Å². The molecule has 8 nitrogen and oxygen atoms in total. The molecule has 1 atom stereocenters. The van der Waals surface area contributed by atoms with Crippen LogP contribution in [0, 0.1) is 0 Å². The molecule has 1 aromatic carbocycles. The molecule has 5 rings (SSSR count). The Morgan fingerprint density at radius 3 is 2.87 bits per heavy atom. The van der Waals surface area contributed by atoms with Crippen molar-refractivity contribution in [3.63, 3.8) is 0 Å². The first kappa shape index (κ1) is 19.2. The molecule has 0 radical (unpaired) electrons. The summed E-state index contributed by atoms with van der Waals surface area (Å²) in [7, 11) is -1.09. The highest BCUT2D eigenvalue weighted by atomic mass is 32.2. The van der Waals surface area contributed by atoms with Crippen LogP contribution in [0.25, 0.3) is 5.65 Å². The molecule has 30 heavy (non-hydrogen) atoms. The van der Waals surface area contributed by atoms with Gasteiger partial charge in [-0.2, -0.15) is 5.10 Å². The topological polar surface area (TPSA) is 88.8 Å². The maximum atomic E-state index is 13.1. The summed E-state index contributed by atoms with van der Waals surface area (Å²) in [6.45, 7) is 6.71. The van der Waals surface area contributed by atoms with Gasteiger partial charge in [0.25, 0.3) is 5.91 Å². The first-order valence-corrected chi connectivity index (χ1v) is 11.1. The number of carbonyl (C=O) groups excluding carboxylic acids is 1. The van der Waals surface area contributed by atoms with Gasteiger partial charge in [0.1, 0.15) is 5.56 Å². The number of morpholine rings is 1. The van der Waals surface area contributed by atoms with Crippen LogP contribution in [0.15, 0.2) is 41.7 Å². The summed E-state index contributed by atoms with van der Waals surface area (Å²) in [4.78, 5) is 20.4. The van der Waals surface area contributed by atoms with Gasteiger partial charge in [0.2, 0.25) is 0 Å². The van der Waals surface area contributed by atoms with E-state index in [0.717, 1.165) is 29.2 Å². The van der Waals surface area contributed by atoms with Gasteiger partial charge in [0.15, 0.2) is 5.65 Å². The summed E-state index contributed by atoms with van der Waals surface area (Å²) >= 11 is 0. The highest BCUT2D eigenvalue weighted by Crippen LogP contribution is 2.41. The Morgan fingerprint density at radius 2 is 2.07 bits per heavy atom. The molecule has 1 fully saturated rings. The molecule has 0 aliphatic carbocycles. The number of benzene rings is 1. The van der Waals surface area contributed by atoms with Gasteiger partial charge in [-0.25, -0.2) is 9.50 Å². The van der Waals surface area contributed by atoms with E-state index in [9.17, 15) is 9.00 Å². The molecular formula is C21H23N5O3S. The zero-order valence-electron chi connectivity index (χ0n) is 16.9.